The molecular weight excluding hydrogens is 297 g/mol. The Hall–Kier alpha value is -1.89. The number of halogens is 5. The first-order valence-electron chi connectivity index (χ1n) is 5.26. The normalized spacial score (nSPS) is 10.7. The van der Waals surface area contributed by atoms with Crippen molar-refractivity contribution in [3.05, 3.63) is 65.0 Å². The van der Waals surface area contributed by atoms with E-state index in [2.05, 4.69) is 0 Å². The second-order valence-corrected chi connectivity index (χ2v) is 4.72. The molecule has 104 valence electrons. The summed E-state index contributed by atoms with van der Waals surface area (Å²) in [6.07, 6.45) is 0. The molecule has 0 unspecified atom stereocenters. The maximum atomic E-state index is 13.4. The quantitative estimate of drug-likeness (QED) is 0.217. The van der Waals surface area contributed by atoms with Crippen LogP contribution in [-0.2, 0) is 0 Å². The lowest BCUT2D eigenvalue weighted by Gasteiger charge is -2.08. The van der Waals surface area contributed by atoms with Gasteiger partial charge in [0.2, 0.25) is 5.82 Å². The van der Waals surface area contributed by atoms with Gasteiger partial charge < -0.3 is 0 Å². The number of rotatable bonds is 2. The highest BCUT2D eigenvalue weighted by Gasteiger charge is 2.27. The maximum absolute atomic E-state index is 13.4. The molecule has 1 N–H and O–H groups in total. The van der Waals surface area contributed by atoms with Crippen LogP contribution in [0.4, 0.5) is 22.0 Å². The monoisotopic (exact) mass is 303 g/mol. The summed E-state index contributed by atoms with van der Waals surface area (Å²) in [6.45, 7) is 0. The topological polar surface area (TPSA) is 23.9 Å². The third-order valence-corrected chi connectivity index (χ3v) is 3.41. The lowest BCUT2D eigenvalue weighted by Crippen LogP contribution is -2.05. The Morgan fingerprint density at radius 3 is 1.70 bits per heavy atom. The van der Waals surface area contributed by atoms with Gasteiger partial charge in [0.05, 0.1) is 9.94 Å². The molecule has 0 atom stereocenters. The molecule has 2 aromatic rings. The van der Waals surface area contributed by atoms with Crippen LogP contribution in [-0.4, -0.2) is 5.04 Å². The summed E-state index contributed by atoms with van der Waals surface area (Å²) < 4.78 is 65.8. The van der Waals surface area contributed by atoms with Crippen LogP contribution in [0, 0.1) is 34.5 Å². The van der Waals surface area contributed by atoms with Crippen LogP contribution in [0.1, 0.15) is 5.56 Å². The van der Waals surface area contributed by atoms with Gasteiger partial charge in [-0.3, -0.25) is 5.41 Å². The highest BCUT2D eigenvalue weighted by Crippen LogP contribution is 2.32. The average molecular weight is 303 g/mol. The first kappa shape index (κ1) is 14.5. The van der Waals surface area contributed by atoms with E-state index in [4.69, 9.17) is 5.41 Å². The predicted molar refractivity (Wildman–Crippen MR) is 65.4 cm³/mol. The van der Waals surface area contributed by atoms with Gasteiger partial charge in [-0.05, 0) is 0 Å². The lowest BCUT2D eigenvalue weighted by atomic mass is 10.2. The Balaban J connectivity index is 2.43. The summed E-state index contributed by atoms with van der Waals surface area (Å²) >= 11 is 0.174. The zero-order chi connectivity index (χ0) is 14.9. The summed E-state index contributed by atoms with van der Waals surface area (Å²) in [7, 11) is 0. The fourth-order valence-corrected chi connectivity index (χ4v) is 2.24. The van der Waals surface area contributed by atoms with Crippen molar-refractivity contribution in [1.82, 2.24) is 0 Å². The van der Waals surface area contributed by atoms with E-state index in [0.717, 1.165) is 0 Å². The van der Waals surface area contributed by atoms with Crippen LogP contribution in [0.5, 0.6) is 0 Å². The van der Waals surface area contributed by atoms with Crippen LogP contribution in [0.15, 0.2) is 35.2 Å². The molecule has 0 bridgehead atoms. The van der Waals surface area contributed by atoms with Gasteiger partial charge in [0.25, 0.3) is 0 Å². The number of thioether (sulfide) groups is 1. The van der Waals surface area contributed by atoms with Crippen LogP contribution in [0.3, 0.4) is 0 Å². The van der Waals surface area contributed by atoms with Gasteiger partial charge in [-0.15, -0.1) is 0 Å². The molecule has 0 aliphatic carbocycles. The van der Waals surface area contributed by atoms with E-state index in [0.29, 0.717) is 5.56 Å². The molecule has 0 heterocycles. The molecule has 0 spiro atoms. The van der Waals surface area contributed by atoms with Crippen molar-refractivity contribution in [3.8, 4) is 0 Å². The second-order valence-electron chi connectivity index (χ2n) is 3.70. The fraction of sp³-hybridized carbons (Fsp3) is 0. The molecule has 0 saturated carbocycles. The Morgan fingerprint density at radius 1 is 0.750 bits per heavy atom. The van der Waals surface area contributed by atoms with E-state index >= 15 is 0 Å². The van der Waals surface area contributed by atoms with E-state index < -0.39 is 34.0 Å². The Bertz CT molecular complexity index is 643. The van der Waals surface area contributed by atoms with Gasteiger partial charge in [0, 0.05) is 5.56 Å². The number of hydrogen-bond acceptors (Lipinski definition) is 2. The minimum atomic E-state index is -2.21. The van der Waals surface area contributed by atoms with Gasteiger partial charge in [-0.2, -0.15) is 0 Å². The number of benzene rings is 2. The molecule has 0 fully saturated rings. The third-order valence-electron chi connectivity index (χ3n) is 2.41. The number of hydrogen-bond donors (Lipinski definition) is 1. The molecule has 2 aromatic carbocycles. The molecule has 7 heteroatoms. The largest absolute Gasteiger partial charge is 0.293 e. The maximum Gasteiger partial charge on any atom is 0.200 e. The predicted octanol–water partition coefficient (Wildman–Crippen LogP) is 4.50. The SMILES string of the molecule is N=C(Sc1c(F)c(F)c(F)c(F)c1F)c1ccccc1. The van der Waals surface area contributed by atoms with Crippen molar-refractivity contribution < 1.29 is 22.0 Å². The van der Waals surface area contributed by atoms with Crippen LogP contribution >= 0.6 is 11.8 Å². The first-order valence-corrected chi connectivity index (χ1v) is 6.08. The Morgan fingerprint density at radius 2 is 1.20 bits per heavy atom. The molecule has 0 amide bonds. The molecular formula is C13H6F5NS. The van der Waals surface area contributed by atoms with Crippen LogP contribution in [0.2, 0.25) is 0 Å². The zero-order valence-electron chi connectivity index (χ0n) is 9.68. The van der Waals surface area contributed by atoms with E-state index in [9.17, 15) is 22.0 Å². The summed E-state index contributed by atoms with van der Waals surface area (Å²) in [5.41, 5.74) is 0.307. The van der Waals surface area contributed by atoms with E-state index in [1.165, 1.54) is 12.1 Å². The van der Waals surface area contributed by atoms with Gasteiger partial charge in [-0.25, -0.2) is 22.0 Å². The van der Waals surface area contributed by atoms with Gasteiger partial charge in [0.15, 0.2) is 23.3 Å². The number of nitrogens with one attached hydrogen (secondary N) is 1. The van der Waals surface area contributed by atoms with Crippen LogP contribution < -0.4 is 0 Å². The van der Waals surface area contributed by atoms with Crippen LogP contribution in [0.25, 0.3) is 0 Å². The minimum Gasteiger partial charge on any atom is -0.293 e. The standard InChI is InChI=1S/C13H6F5NS/c14-7-8(15)10(17)12(11(18)9(7)16)20-13(19)6-4-2-1-3-5-6/h1-5,19H. The van der Waals surface area contributed by atoms with Crippen molar-refractivity contribution in [3.63, 3.8) is 0 Å². The summed E-state index contributed by atoms with van der Waals surface area (Å²) in [6, 6.07) is 7.81. The van der Waals surface area contributed by atoms with Gasteiger partial charge in [0.1, 0.15) is 0 Å². The van der Waals surface area contributed by atoms with Crippen molar-refractivity contribution in [1.29, 1.82) is 5.41 Å². The third kappa shape index (κ3) is 2.53. The molecule has 0 aromatic heterocycles. The summed E-state index contributed by atoms with van der Waals surface area (Å²) in [5.74, 6) is -10.1. The molecule has 0 radical (unpaired) electrons. The lowest BCUT2D eigenvalue weighted by molar-refractivity contribution is 0.361. The molecule has 1 nitrogen and oxygen atoms in total. The second kappa shape index (κ2) is 5.62. The highest BCUT2D eigenvalue weighted by atomic mass is 32.2. The van der Waals surface area contributed by atoms with Crippen molar-refractivity contribution in [2.75, 3.05) is 0 Å². The van der Waals surface area contributed by atoms with Gasteiger partial charge >= 0.3 is 0 Å². The molecule has 0 aliphatic rings. The van der Waals surface area contributed by atoms with E-state index in [-0.39, 0.29) is 16.8 Å². The van der Waals surface area contributed by atoms with Crippen molar-refractivity contribution in [2.45, 2.75) is 4.90 Å². The molecule has 20 heavy (non-hydrogen) atoms. The summed E-state index contributed by atoms with van der Waals surface area (Å²) in [4.78, 5) is -1.09. The van der Waals surface area contributed by atoms with Crippen molar-refractivity contribution in [2.24, 2.45) is 0 Å². The smallest absolute Gasteiger partial charge is 0.200 e. The molecule has 0 aliphatic heterocycles. The van der Waals surface area contributed by atoms with E-state index in [1.807, 2.05) is 0 Å². The fourth-order valence-electron chi connectivity index (χ4n) is 1.42. The molecule has 2 rings (SSSR count). The first-order chi connectivity index (χ1) is 9.43. The van der Waals surface area contributed by atoms with E-state index in [1.54, 1.807) is 18.2 Å². The Kier molecular flexibility index (Phi) is 4.08. The Labute approximate surface area is 114 Å². The average Bonchev–Trinajstić information content (AvgIpc) is 2.48. The summed E-state index contributed by atoms with van der Waals surface area (Å²) in [5, 5.41) is 7.32. The highest BCUT2D eigenvalue weighted by molar-refractivity contribution is 8.14. The molecule has 0 saturated heterocycles. The van der Waals surface area contributed by atoms with Gasteiger partial charge in [-0.1, -0.05) is 42.1 Å². The zero-order valence-corrected chi connectivity index (χ0v) is 10.5. The van der Waals surface area contributed by atoms with Crippen molar-refractivity contribution >= 4 is 16.8 Å². The minimum absolute atomic E-state index is 0.174.